The highest BCUT2D eigenvalue weighted by Gasteiger charge is 2.21. The number of carbonyl (C=O) groups is 1. The van der Waals surface area contributed by atoms with E-state index in [9.17, 15) is 4.79 Å². The molecule has 2 aromatic carbocycles. The summed E-state index contributed by atoms with van der Waals surface area (Å²) in [6.45, 7) is 7.81. The number of nitrogens with one attached hydrogen (secondary N) is 2. The molecule has 0 bridgehead atoms. The second-order valence-electron chi connectivity index (χ2n) is 8.26. The van der Waals surface area contributed by atoms with Crippen LogP contribution in [0.4, 0.5) is 10.5 Å². The van der Waals surface area contributed by atoms with Crippen molar-refractivity contribution in [3.8, 4) is 23.0 Å². The molecule has 0 radical (unpaired) electrons. The Kier molecular flexibility index (Phi) is 8.58. The first-order valence-corrected chi connectivity index (χ1v) is 11.8. The van der Waals surface area contributed by atoms with E-state index in [-0.39, 0.29) is 23.2 Å². The largest absolute Gasteiger partial charge is 0.493 e. The van der Waals surface area contributed by atoms with E-state index >= 15 is 0 Å². The van der Waals surface area contributed by atoms with Crippen molar-refractivity contribution in [1.82, 2.24) is 15.2 Å². The minimum absolute atomic E-state index is 0.0361. The number of carbonyl (C=O) groups excluding carboxylic acids is 1. The van der Waals surface area contributed by atoms with E-state index in [1.54, 1.807) is 61.7 Å². The average Bonchev–Trinajstić information content (AvgIpc) is 2.79. The highest BCUT2D eigenvalue weighted by Crippen LogP contribution is 2.38. The maximum atomic E-state index is 12.6. The van der Waals surface area contributed by atoms with Crippen molar-refractivity contribution < 1.29 is 19.0 Å². The normalized spacial score (nSPS) is 10.9. The molecule has 2 amide bonds. The number of thiocarbonyl (C=S) groups is 1. The van der Waals surface area contributed by atoms with Crippen LogP contribution in [0, 0.1) is 0 Å². The molecule has 8 nitrogen and oxygen atoms in total. The van der Waals surface area contributed by atoms with Gasteiger partial charge in [-0.1, -0.05) is 11.6 Å². The number of ether oxygens (including phenoxy) is 3. The van der Waals surface area contributed by atoms with Gasteiger partial charge in [-0.05, 0) is 70.2 Å². The van der Waals surface area contributed by atoms with Gasteiger partial charge in [-0.25, -0.2) is 4.79 Å². The van der Waals surface area contributed by atoms with Crippen LogP contribution in [-0.2, 0) is 0 Å². The summed E-state index contributed by atoms with van der Waals surface area (Å²) in [5.74, 6) is 2.14. The number of rotatable bonds is 7. The molecule has 10 heteroatoms. The first kappa shape index (κ1) is 26.3. The molecule has 0 spiro atoms. The van der Waals surface area contributed by atoms with Crippen LogP contribution in [-0.4, -0.2) is 47.3 Å². The second kappa shape index (κ2) is 11.4. The Morgan fingerprint density at radius 3 is 2.23 bits per heavy atom. The molecule has 2 N–H and O–H groups in total. The van der Waals surface area contributed by atoms with Crippen molar-refractivity contribution >= 4 is 51.6 Å². The molecule has 3 rings (SSSR count). The Labute approximate surface area is 215 Å². The molecule has 1 heterocycles. The van der Waals surface area contributed by atoms with Crippen molar-refractivity contribution in [3.05, 3.63) is 47.6 Å². The van der Waals surface area contributed by atoms with Gasteiger partial charge in [0, 0.05) is 35.4 Å². The number of pyridine rings is 1. The Morgan fingerprint density at radius 1 is 0.971 bits per heavy atom. The Hall–Kier alpha value is -3.30. The summed E-state index contributed by atoms with van der Waals surface area (Å²) in [5, 5.41) is 6.97. The van der Waals surface area contributed by atoms with Gasteiger partial charge in [0.15, 0.2) is 16.6 Å². The van der Waals surface area contributed by atoms with E-state index < -0.39 is 0 Å². The lowest BCUT2D eigenvalue weighted by Crippen LogP contribution is -2.50. The molecule has 0 atom stereocenters. The van der Waals surface area contributed by atoms with Crippen LogP contribution in [0.3, 0.4) is 0 Å². The highest BCUT2D eigenvalue weighted by atomic mass is 35.5. The molecular weight excluding hydrogens is 488 g/mol. The van der Waals surface area contributed by atoms with Gasteiger partial charge in [0.1, 0.15) is 11.5 Å². The average molecular weight is 517 g/mol. The number of methoxy groups -OCH3 is 2. The fraction of sp³-hybridized carbons (Fsp3) is 0.320. The Morgan fingerprint density at radius 2 is 1.63 bits per heavy atom. The summed E-state index contributed by atoms with van der Waals surface area (Å²) in [6, 6.07) is 10.3. The van der Waals surface area contributed by atoms with Crippen LogP contribution in [0.2, 0.25) is 5.02 Å². The third kappa shape index (κ3) is 6.23. The molecule has 0 aliphatic rings. The number of nitrogens with zero attached hydrogens (tertiary/aromatic N) is 2. The van der Waals surface area contributed by atoms with Crippen LogP contribution in [0.15, 0.2) is 42.6 Å². The van der Waals surface area contributed by atoms with Crippen molar-refractivity contribution in [3.63, 3.8) is 0 Å². The zero-order valence-corrected chi connectivity index (χ0v) is 22.1. The molecule has 35 heavy (non-hydrogen) atoms. The molecule has 0 saturated carbocycles. The van der Waals surface area contributed by atoms with Gasteiger partial charge < -0.3 is 24.4 Å². The number of hydrogen-bond acceptors (Lipinski definition) is 6. The number of urea groups is 1. The number of benzene rings is 2. The van der Waals surface area contributed by atoms with Gasteiger partial charge in [0.2, 0.25) is 0 Å². The Bertz CT molecular complexity index is 1230. The van der Waals surface area contributed by atoms with Gasteiger partial charge in [-0.2, -0.15) is 0 Å². The van der Waals surface area contributed by atoms with Crippen LogP contribution >= 0.6 is 23.8 Å². The summed E-state index contributed by atoms with van der Waals surface area (Å²) < 4.78 is 16.9. The molecule has 1 aromatic heterocycles. The molecule has 0 unspecified atom stereocenters. The Balaban J connectivity index is 1.76. The summed E-state index contributed by atoms with van der Waals surface area (Å²) in [4.78, 5) is 18.7. The highest BCUT2D eigenvalue weighted by molar-refractivity contribution is 7.80. The number of hydrogen-bond donors (Lipinski definition) is 2. The third-order valence-corrected chi connectivity index (χ3v) is 5.68. The van der Waals surface area contributed by atoms with Gasteiger partial charge in [-0.15, -0.1) is 0 Å². The number of aromatic nitrogens is 1. The third-order valence-electron chi connectivity index (χ3n) is 5.18. The maximum Gasteiger partial charge on any atom is 0.324 e. The van der Waals surface area contributed by atoms with Crippen LogP contribution in [0.5, 0.6) is 23.0 Å². The lowest BCUT2D eigenvalue weighted by atomic mass is 10.2. The predicted molar refractivity (Wildman–Crippen MR) is 143 cm³/mol. The van der Waals surface area contributed by atoms with Crippen molar-refractivity contribution in [1.29, 1.82) is 0 Å². The number of anilines is 1. The number of fused-ring (bicyclic) bond motifs is 1. The van der Waals surface area contributed by atoms with E-state index in [1.165, 1.54) is 0 Å². The molecule has 186 valence electrons. The number of halogens is 1. The first-order valence-electron chi connectivity index (χ1n) is 11.0. The van der Waals surface area contributed by atoms with E-state index in [2.05, 4.69) is 15.6 Å². The minimum Gasteiger partial charge on any atom is -0.493 e. The topological polar surface area (TPSA) is 85.0 Å². The molecule has 0 aliphatic carbocycles. The van der Waals surface area contributed by atoms with Crippen molar-refractivity contribution in [2.24, 2.45) is 0 Å². The summed E-state index contributed by atoms with van der Waals surface area (Å²) in [6.07, 6.45) is 1.64. The molecular formula is C25H29ClN4O4S. The smallest absolute Gasteiger partial charge is 0.324 e. The quantitative estimate of drug-likeness (QED) is 0.360. The second-order valence-corrected chi connectivity index (χ2v) is 9.08. The standard InChI is InChI=1S/C25H29ClN4O4S/c1-14(2)30(15(3)4)25(31)29-24(35)28-16-7-8-21(18(26)11-16)34-20-9-10-27-19-13-23(33-6)22(32-5)12-17(19)20/h7-15H,1-6H3,(H2,28,29,31,35). The van der Waals surface area contributed by atoms with Gasteiger partial charge in [0.25, 0.3) is 0 Å². The number of amides is 2. The summed E-state index contributed by atoms with van der Waals surface area (Å²) in [7, 11) is 3.14. The van der Waals surface area contributed by atoms with Gasteiger partial charge >= 0.3 is 6.03 Å². The molecule has 0 aliphatic heterocycles. The van der Waals surface area contributed by atoms with Crippen LogP contribution in [0.1, 0.15) is 27.7 Å². The van der Waals surface area contributed by atoms with Gasteiger partial charge in [0.05, 0.1) is 24.8 Å². The fourth-order valence-corrected chi connectivity index (χ4v) is 4.13. The molecule has 0 fully saturated rings. The zero-order chi connectivity index (χ0) is 25.7. The zero-order valence-electron chi connectivity index (χ0n) is 20.5. The van der Waals surface area contributed by atoms with E-state index in [1.807, 2.05) is 27.7 Å². The first-order chi connectivity index (χ1) is 16.6. The summed E-state index contributed by atoms with van der Waals surface area (Å²) >= 11 is 11.8. The summed E-state index contributed by atoms with van der Waals surface area (Å²) in [5.41, 5.74) is 1.30. The molecule has 0 saturated heterocycles. The van der Waals surface area contributed by atoms with E-state index in [0.717, 1.165) is 5.39 Å². The van der Waals surface area contributed by atoms with E-state index in [4.69, 9.17) is 38.0 Å². The minimum atomic E-state index is -0.268. The SMILES string of the molecule is COc1cc2nccc(Oc3ccc(NC(=S)NC(=O)N(C(C)C)C(C)C)cc3Cl)c2cc1OC. The lowest BCUT2D eigenvalue weighted by molar-refractivity contribution is 0.170. The van der Waals surface area contributed by atoms with Crippen LogP contribution < -0.4 is 24.8 Å². The van der Waals surface area contributed by atoms with Crippen molar-refractivity contribution in [2.45, 2.75) is 39.8 Å². The van der Waals surface area contributed by atoms with Gasteiger partial charge in [-0.3, -0.25) is 10.3 Å². The maximum absolute atomic E-state index is 12.6. The van der Waals surface area contributed by atoms with Crippen molar-refractivity contribution in [2.75, 3.05) is 19.5 Å². The predicted octanol–water partition coefficient (Wildman–Crippen LogP) is 6.22. The fourth-order valence-electron chi connectivity index (χ4n) is 3.71. The molecule has 3 aromatic rings. The lowest BCUT2D eigenvalue weighted by Gasteiger charge is -2.30. The monoisotopic (exact) mass is 516 g/mol. The van der Waals surface area contributed by atoms with Crippen LogP contribution in [0.25, 0.3) is 10.9 Å². The van der Waals surface area contributed by atoms with E-state index in [0.29, 0.717) is 39.2 Å².